The molecule has 0 aliphatic heterocycles. The summed E-state index contributed by atoms with van der Waals surface area (Å²) in [5.41, 5.74) is 1.24. The molecule has 0 bridgehead atoms. The Bertz CT molecular complexity index is 395. The van der Waals surface area contributed by atoms with Crippen LogP contribution in [0, 0.1) is 0 Å². The Morgan fingerprint density at radius 1 is 1.05 bits per heavy atom. The fraction of sp³-hybridized carbons (Fsp3) is 0.588. The minimum atomic E-state index is -0.128. The van der Waals surface area contributed by atoms with Crippen molar-refractivity contribution < 1.29 is 4.79 Å². The van der Waals surface area contributed by atoms with Crippen LogP contribution in [0.4, 0.5) is 0 Å². The SMILES string of the molecule is CCC(C)(C)N(Cc1ccccc1)C(C)(C)CC=O. The molecule has 0 saturated carbocycles. The van der Waals surface area contributed by atoms with Gasteiger partial charge in [-0.15, -0.1) is 0 Å². The minimum Gasteiger partial charge on any atom is -0.303 e. The van der Waals surface area contributed by atoms with Gasteiger partial charge in [-0.1, -0.05) is 37.3 Å². The fourth-order valence-corrected chi connectivity index (χ4v) is 2.52. The summed E-state index contributed by atoms with van der Waals surface area (Å²) < 4.78 is 0. The van der Waals surface area contributed by atoms with Crippen LogP contribution in [0.5, 0.6) is 0 Å². The van der Waals surface area contributed by atoms with Crippen molar-refractivity contribution >= 4 is 6.29 Å². The molecule has 0 saturated heterocycles. The Kier molecular flexibility index (Phi) is 5.30. The molecule has 1 rings (SSSR count). The van der Waals surface area contributed by atoms with Crippen LogP contribution in [0.15, 0.2) is 30.3 Å². The molecule has 0 atom stereocenters. The van der Waals surface area contributed by atoms with Gasteiger partial charge >= 0.3 is 0 Å². The Labute approximate surface area is 117 Å². The molecule has 0 heterocycles. The van der Waals surface area contributed by atoms with E-state index in [2.05, 4.69) is 63.8 Å². The lowest BCUT2D eigenvalue weighted by atomic mass is 9.88. The van der Waals surface area contributed by atoms with Crippen molar-refractivity contribution in [3.63, 3.8) is 0 Å². The van der Waals surface area contributed by atoms with Crippen LogP contribution in [0.25, 0.3) is 0 Å². The summed E-state index contributed by atoms with van der Waals surface area (Å²) in [7, 11) is 0. The van der Waals surface area contributed by atoms with E-state index in [0.717, 1.165) is 19.3 Å². The van der Waals surface area contributed by atoms with Gasteiger partial charge in [0, 0.05) is 24.0 Å². The lowest BCUT2D eigenvalue weighted by Crippen LogP contribution is -2.54. The summed E-state index contributed by atoms with van der Waals surface area (Å²) in [5, 5.41) is 0. The third-order valence-corrected chi connectivity index (χ3v) is 4.09. The van der Waals surface area contributed by atoms with E-state index in [0.29, 0.717) is 6.42 Å². The molecule has 0 radical (unpaired) electrons. The lowest BCUT2D eigenvalue weighted by molar-refractivity contribution is -0.111. The molecule has 0 aromatic heterocycles. The number of aldehydes is 1. The first-order valence-corrected chi connectivity index (χ1v) is 7.09. The average Bonchev–Trinajstić information content (AvgIpc) is 2.37. The average molecular weight is 261 g/mol. The summed E-state index contributed by atoms with van der Waals surface area (Å²) in [6.07, 6.45) is 2.65. The van der Waals surface area contributed by atoms with Gasteiger partial charge < -0.3 is 4.79 Å². The van der Waals surface area contributed by atoms with Crippen LogP contribution in [0.1, 0.15) is 53.0 Å². The lowest BCUT2D eigenvalue weighted by Gasteiger charge is -2.48. The quantitative estimate of drug-likeness (QED) is 0.690. The number of hydrogen-bond donors (Lipinski definition) is 0. The molecule has 2 nitrogen and oxygen atoms in total. The molecule has 0 amide bonds. The zero-order valence-corrected chi connectivity index (χ0v) is 12.9. The van der Waals surface area contributed by atoms with Crippen LogP contribution in [0.2, 0.25) is 0 Å². The summed E-state index contributed by atoms with van der Waals surface area (Å²) in [6, 6.07) is 10.5. The van der Waals surface area contributed by atoms with Gasteiger partial charge in [0.1, 0.15) is 6.29 Å². The predicted octanol–water partition coefficient (Wildman–Crippen LogP) is 4.04. The number of carbonyl (C=O) groups is 1. The minimum absolute atomic E-state index is 0.0718. The highest BCUT2D eigenvalue weighted by atomic mass is 16.1. The molecular weight excluding hydrogens is 234 g/mol. The second-order valence-electron chi connectivity index (χ2n) is 6.42. The zero-order valence-electron chi connectivity index (χ0n) is 12.9. The second-order valence-corrected chi connectivity index (χ2v) is 6.42. The van der Waals surface area contributed by atoms with Gasteiger partial charge in [-0.3, -0.25) is 4.90 Å². The van der Waals surface area contributed by atoms with E-state index in [1.807, 2.05) is 6.07 Å². The zero-order chi connectivity index (χ0) is 14.5. The van der Waals surface area contributed by atoms with Crippen molar-refractivity contribution in [3.8, 4) is 0 Å². The van der Waals surface area contributed by atoms with E-state index >= 15 is 0 Å². The molecular formula is C17H27NO. The maximum absolute atomic E-state index is 11.0. The first-order chi connectivity index (χ1) is 8.83. The molecule has 0 aliphatic rings. The van der Waals surface area contributed by atoms with Crippen molar-refractivity contribution in [2.45, 2.75) is 65.1 Å². The number of benzene rings is 1. The third-order valence-electron chi connectivity index (χ3n) is 4.09. The summed E-state index contributed by atoms with van der Waals surface area (Å²) in [5.74, 6) is 0. The predicted molar refractivity (Wildman–Crippen MR) is 81.1 cm³/mol. The monoisotopic (exact) mass is 261 g/mol. The standard InChI is InChI=1S/C17H27NO/c1-6-16(2,3)18(17(4,5)12-13-19)14-15-10-8-7-9-11-15/h7-11,13H,6,12,14H2,1-5H3. The number of carbonyl (C=O) groups excluding carboxylic acids is 1. The Morgan fingerprint density at radius 2 is 1.63 bits per heavy atom. The van der Waals surface area contributed by atoms with Gasteiger partial charge in [0.05, 0.1) is 0 Å². The second kappa shape index (κ2) is 6.33. The van der Waals surface area contributed by atoms with E-state index in [1.165, 1.54) is 5.56 Å². The summed E-state index contributed by atoms with van der Waals surface area (Å²) in [4.78, 5) is 13.4. The smallest absolute Gasteiger partial charge is 0.121 e. The highest BCUT2D eigenvalue weighted by Gasteiger charge is 2.36. The van der Waals surface area contributed by atoms with Crippen LogP contribution >= 0.6 is 0 Å². The highest BCUT2D eigenvalue weighted by molar-refractivity contribution is 5.51. The van der Waals surface area contributed by atoms with Crippen LogP contribution in [-0.4, -0.2) is 22.3 Å². The molecule has 106 valence electrons. The molecule has 0 N–H and O–H groups in total. The van der Waals surface area contributed by atoms with Gasteiger partial charge in [-0.2, -0.15) is 0 Å². The van der Waals surface area contributed by atoms with Crippen LogP contribution < -0.4 is 0 Å². The Morgan fingerprint density at radius 3 is 2.11 bits per heavy atom. The molecule has 1 aromatic carbocycles. The molecule has 0 fully saturated rings. The van der Waals surface area contributed by atoms with Gasteiger partial charge in [-0.05, 0) is 39.7 Å². The van der Waals surface area contributed by atoms with E-state index in [4.69, 9.17) is 0 Å². The van der Waals surface area contributed by atoms with E-state index in [1.54, 1.807) is 0 Å². The molecule has 2 heteroatoms. The van der Waals surface area contributed by atoms with E-state index in [9.17, 15) is 4.79 Å². The van der Waals surface area contributed by atoms with E-state index < -0.39 is 0 Å². The topological polar surface area (TPSA) is 20.3 Å². The van der Waals surface area contributed by atoms with E-state index in [-0.39, 0.29) is 11.1 Å². The Hall–Kier alpha value is -1.15. The molecule has 1 aromatic rings. The fourth-order valence-electron chi connectivity index (χ4n) is 2.52. The van der Waals surface area contributed by atoms with Crippen molar-refractivity contribution in [1.82, 2.24) is 4.90 Å². The number of nitrogens with zero attached hydrogens (tertiary/aromatic N) is 1. The number of hydrogen-bond acceptors (Lipinski definition) is 2. The molecule has 19 heavy (non-hydrogen) atoms. The largest absolute Gasteiger partial charge is 0.303 e. The van der Waals surface area contributed by atoms with Gasteiger partial charge in [0.25, 0.3) is 0 Å². The van der Waals surface area contributed by atoms with Crippen molar-refractivity contribution in [3.05, 3.63) is 35.9 Å². The van der Waals surface area contributed by atoms with Gasteiger partial charge in [0.15, 0.2) is 0 Å². The van der Waals surface area contributed by atoms with Crippen molar-refractivity contribution in [2.75, 3.05) is 0 Å². The molecule has 0 unspecified atom stereocenters. The van der Waals surface area contributed by atoms with Crippen molar-refractivity contribution in [1.29, 1.82) is 0 Å². The first kappa shape index (κ1) is 15.9. The summed E-state index contributed by atoms with van der Waals surface area (Å²) in [6.45, 7) is 11.9. The van der Waals surface area contributed by atoms with Gasteiger partial charge in [-0.25, -0.2) is 0 Å². The summed E-state index contributed by atoms with van der Waals surface area (Å²) >= 11 is 0. The normalized spacial score (nSPS) is 12.7. The van der Waals surface area contributed by atoms with Crippen LogP contribution in [0.3, 0.4) is 0 Å². The van der Waals surface area contributed by atoms with Gasteiger partial charge in [0.2, 0.25) is 0 Å². The number of rotatable bonds is 7. The maximum atomic E-state index is 11.0. The van der Waals surface area contributed by atoms with Crippen molar-refractivity contribution in [2.24, 2.45) is 0 Å². The molecule has 0 spiro atoms. The highest BCUT2D eigenvalue weighted by Crippen LogP contribution is 2.31. The van der Waals surface area contributed by atoms with Crippen LogP contribution in [-0.2, 0) is 11.3 Å². The first-order valence-electron chi connectivity index (χ1n) is 7.09. The maximum Gasteiger partial charge on any atom is 0.121 e. The third kappa shape index (κ3) is 4.17. The Balaban J connectivity index is 3.03. The molecule has 0 aliphatic carbocycles.